The summed E-state index contributed by atoms with van der Waals surface area (Å²) < 4.78 is 74.6. The molecule has 0 aliphatic heterocycles. The van der Waals surface area contributed by atoms with Crippen molar-refractivity contribution >= 4 is 29.2 Å². The third-order valence-corrected chi connectivity index (χ3v) is 5.17. The number of nitrogens with one attached hydrogen (secondary N) is 1. The monoisotopic (exact) mass is 546 g/mol. The molecule has 1 unspecified atom stereocenters. The first kappa shape index (κ1) is 27.4. The molecule has 0 saturated carbocycles. The maximum absolute atomic E-state index is 15.1. The number of halogens is 6. The lowest BCUT2D eigenvalue weighted by molar-refractivity contribution is -0.189. The fraction of sp³-hybridized carbons (Fsp3) is 0.182. The molecule has 0 aliphatic rings. The highest BCUT2D eigenvalue weighted by Gasteiger charge is 2.39. The lowest BCUT2D eigenvalue weighted by Gasteiger charge is -2.20. The number of para-hydroxylation sites is 1. The number of carboxylic acid groups (broad SMARTS) is 1. The molecule has 0 radical (unpaired) electrons. The van der Waals surface area contributed by atoms with Gasteiger partial charge in [-0.05, 0) is 25.1 Å². The average Bonchev–Trinajstić information content (AvgIpc) is 3.13. The Morgan fingerprint density at radius 1 is 1.27 bits per heavy atom. The van der Waals surface area contributed by atoms with E-state index in [1.807, 2.05) is 5.32 Å². The first-order chi connectivity index (χ1) is 17.3. The lowest BCUT2D eigenvalue weighted by atomic mass is 10.1. The number of benzene rings is 2. The molecule has 0 fully saturated rings. The molecule has 3 aromatic rings. The van der Waals surface area contributed by atoms with Crippen molar-refractivity contribution in [2.45, 2.75) is 25.7 Å². The van der Waals surface area contributed by atoms with Crippen LogP contribution in [0.5, 0.6) is 5.75 Å². The van der Waals surface area contributed by atoms with Gasteiger partial charge in [0.1, 0.15) is 23.1 Å². The zero-order valence-electron chi connectivity index (χ0n) is 18.6. The van der Waals surface area contributed by atoms with E-state index in [1.54, 1.807) is 0 Å². The molecule has 37 heavy (non-hydrogen) atoms. The van der Waals surface area contributed by atoms with Crippen LogP contribution in [0.4, 0.5) is 27.6 Å². The van der Waals surface area contributed by atoms with Gasteiger partial charge >= 0.3 is 17.8 Å². The zero-order valence-corrected chi connectivity index (χ0v) is 19.4. The second kappa shape index (κ2) is 10.4. The SMILES string of the molecule is C=CCn1c(C(=O)O)nn(-c2cc(OC(C)C(F)(F)F)c(C(=O)Nc3c(F)cccc3Cl)cc2F)c1=O. The molecule has 1 aromatic heterocycles. The molecule has 1 atom stereocenters. The predicted octanol–water partition coefficient (Wildman–Crippen LogP) is 4.43. The number of alkyl halides is 3. The summed E-state index contributed by atoms with van der Waals surface area (Å²) in [5, 5.41) is 14.6. The van der Waals surface area contributed by atoms with Crippen molar-refractivity contribution < 1.29 is 41.4 Å². The van der Waals surface area contributed by atoms with Gasteiger partial charge in [0.05, 0.1) is 16.3 Å². The number of aromatic carboxylic acids is 1. The number of hydrogen-bond acceptors (Lipinski definition) is 5. The van der Waals surface area contributed by atoms with Gasteiger partial charge in [0.2, 0.25) is 5.82 Å². The van der Waals surface area contributed by atoms with Crippen molar-refractivity contribution in [3.8, 4) is 11.4 Å². The number of anilines is 1. The highest BCUT2D eigenvalue weighted by molar-refractivity contribution is 6.34. The van der Waals surface area contributed by atoms with Crippen LogP contribution in [0.2, 0.25) is 5.02 Å². The Morgan fingerprint density at radius 2 is 1.95 bits per heavy atom. The number of nitrogens with zero attached hydrogens (tertiary/aromatic N) is 3. The van der Waals surface area contributed by atoms with Gasteiger partial charge in [-0.1, -0.05) is 23.7 Å². The van der Waals surface area contributed by atoms with Gasteiger partial charge in [-0.3, -0.25) is 9.36 Å². The van der Waals surface area contributed by atoms with Gasteiger partial charge in [-0.15, -0.1) is 11.7 Å². The summed E-state index contributed by atoms with van der Waals surface area (Å²) in [5.41, 5.74) is -3.32. The van der Waals surface area contributed by atoms with Crippen molar-refractivity contribution in [3.63, 3.8) is 0 Å². The van der Waals surface area contributed by atoms with Crippen LogP contribution in [-0.4, -0.2) is 43.6 Å². The van der Waals surface area contributed by atoms with Gasteiger partial charge in [-0.2, -0.15) is 17.9 Å². The van der Waals surface area contributed by atoms with Gasteiger partial charge in [0, 0.05) is 12.6 Å². The van der Waals surface area contributed by atoms with Crippen LogP contribution in [0.1, 0.15) is 27.9 Å². The predicted molar refractivity (Wildman–Crippen MR) is 120 cm³/mol. The molecular weight excluding hydrogens is 531 g/mol. The summed E-state index contributed by atoms with van der Waals surface area (Å²) in [5.74, 6) is -6.97. The molecule has 1 heterocycles. The fourth-order valence-electron chi connectivity index (χ4n) is 3.04. The van der Waals surface area contributed by atoms with E-state index >= 15 is 4.39 Å². The van der Waals surface area contributed by atoms with Gasteiger partial charge < -0.3 is 15.2 Å². The van der Waals surface area contributed by atoms with Crippen molar-refractivity contribution in [1.82, 2.24) is 14.3 Å². The van der Waals surface area contributed by atoms with Crippen LogP contribution in [0.15, 0.2) is 47.8 Å². The van der Waals surface area contributed by atoms with Crippen molar-refractivity contribution in [2.24, 2.45) is 0 Å². The average molecular weight is 547 g/mol. The standard InChI is InChI=1S/C22H16ClF5N4O5/c1-3-7-31-18(20(34)35)30-32(21(31)36)15-9-16(37-10(2)22(26,27)28)11(8-14(15)25)19(33)29-17-12(23)5-4-6-13(17)24/h3-6,8-10H,1,7H2,2H3,(H,29,33)(H,34,35). The van der Waals surface area contributed by atoms with Crippen LogP contribution in [-0.2, 0) is 6.54 Å². The third-order valence-electron chi connectivity index (χ3n) is 4.85. The molecule has 0 aliphatic carbocycles. The smallest absolute Gasteiger partial charge is 0.425 e. The molecule has 0 spiro atoms. The fourth-order valence-corrected chi connectivity index (χ4v) is 3.25. The maximum atomic E-state index is 15.1. The van der Waals surface area contributed by atoms with E-state index in [9.17, 15) is 37.1 Å². The largest absolute Gasteiger partial charge is 0.480 e. The Morgan fingerprint density at radius 3 is 2.51 bits per heavy atom. The Hall–Kier alpha value is -4.20. The number of aromatic nitrogens is 3. The second-order valence-electron chi connectivity index (χ2n) is 7.37. The molecule has 0 saturated heterocycles. The minimum atomic E-state index is -4.92. The zero-order chi connectivity index (χ0) is 27.7. The molecule has 2 aromatic carbocycles. The number of carboxylic acids is 1. The molecule has 1 amide bonds. The van der Waals surface area contributed by atoms with Gasteiger partial charge in [0.25, 0.3) is 5.91 Å². The van der Waals surface area contributed by atoms with Crippen molar-refractivity contribution in [2.75, 3.05) is 5.32 Å². The summed E-state index contributed by atoms with van der Waals surface area (Å²) in [6, 6.07) is 4.39. The van der Waals surface area contributed by atoms with E-state index in [2.05, 4.69) is 11.7 Å². The van der Waals surface area contributed by atoms with Gasteiger partial charge in [0.15, 0.2) is 6.10 Å². The summed E-state index contributed by atoms with van der Waals surface area (Å²) in [6.45, 7) is 3.64. The summed E-state index contributed by atoms with van der Waals surface area (Å²) in [7, 11) is 0. The first-order valence-corrected chi connectivity index (χ1v) is 10.5. The van der Waals surface area contributed by atoms with E-state index in [4.69, 9.17) is 16.3 Å². The highest BCUT2D eigenvalue weighted by Crippen LogP contribution is 2.32. The van der Waals surface area contributed by atoms with Crippen LogP contribution in [0.25, 0.3) is 5.69 Å². The van der Waals surface area contributed by atoms with Crippen LogP contribution < -0.4 is 15.7 Å². The molecule has 0 bridgehead atoms. The molecule has 196 valence electrons. The maximum Gasteiger partial charge on any atom is 0.425 e. The van der Waals surface area contributed by atoms with Crippen molar-refractivity contribution in [1.29, 1.82) is 0 Å². The molecule has 9 nitrogen and oxygen atoms in total. The number of hydrogen-bond donors (Lipinski definition) is 2. The Labute approximate surface area is 209 Å². The first-order valence-electron chi connectivity index (χ1n) is 10.1. The number of allylic oxidation sites excluding steroid dienone is 1. The summed E-state index contributed by atoms with van der Waals surface area (Å²) in [4.78, 5) is 37.0. The second-order valence-corrected chi connectivity index (χ2v) is 7.78. The molecule has 2 N–H and O–H groups in total. The van der Waals surface area contributed by atoms with Crippen LogP contribution >= 0.6 is 11.6 Å². The van der Waals surface area contributed by atoms with Gasteiger partial charge in [-0.25, -0.2) is 18.4 Å². The Balaban J connectivity index is 2.19. The van der Waals surface area contributed by atoms with E-state index in [1.165, 1.54) is 12.1 Å². The number of rotatable bonds is 8. The number of carbonyl (C=O) groups excluding carboxylic acids is 1. The Bertz CT molecular complexity index is 1430. The minimum absolute atomic E-state index is 0.253. The third kappa shape index (κ3) is 5.63. The van der Waals surface area contributed by atoms with Crippen LogP contribution in [0.3, 0.4) is 0 Å². The van der Waals surface area contributed by atoms with E-state index in [0.29, 0.717) is 23.6 Å². The minimum Gasteiger partial charge on any atom is -0.480 e. The number of ether oxygens (including phenoxy) is 1. The van der Waals surface area contributed by atoms with Crippen molar-refractivity contribution in [3.05, 3.63) is 81.5 Å². The molecular formula is C22H16ClF5N4O5. The topological polar surface area (TPSA) is 115 Å². The quantitative estimate of drug-likeness (QED) is 0.319. The summed E-state index contributed by atoms with van der Waals surface area (Å²) in [6.07, 6.45) is -6.27. The lowest BCUT2D eigenvalue weighted by Crippen LogP contribution is -2.32. The summed E-state index contributed by atoms with van der Waals surface area (Å²) >= 11 is 5.85. The number of carbonyl (C=O) groups is 2. The van der Waals surface area contributed by atoms with Crippen LogP contribution in [0, 0.1) is 11.6 Å². The van der Waals surface area contributed by atoms with E-state index < -0.39 is 70.0 Å². The normalized spacial score (nSPS) is 12.2. The molecule has 15 heteroatoms. The van der Waals surface area contributed by atoms with E-state index in [-0.39, 0.29) is 16.2 Å². The highest BCUT2D eigenvalue weighted by atomic mass is 35.5. The Kier molecular flexibility index (Phi) is 7.71. The molecule has 3 rings (SSSR count). The van der Waals surface area contributed by atoms with E-state index in [0.717, 1.165) is 12.1 Å². The number of amides is 1.